The summed E-state index contributed by atoms with van der Waals surface area (Å²) in [7, 11) is 0. The third-order valence-electron chi connectivity index (χ3n) is 4.41. The van der Waals surface area contributed by atoms with Crippen LogP contribution in [0, 0.1) is 19.8 Å². The van der Waals surface area contributed by atoms with E-state index in [0.29, 0.717) is 6.54 Å². The summed E-state index contributed by atoms with van der Waals surface area (Å²) in [6.45, 7) is 9.54. The number of amides is 1. The van der Waals surface area contributed by atoms with E-state index < -0.39 is 0 Å². The summed E-state index contributed by atoms with van der Waals surface area (Å²) < 4.78 is 1.83. The van der Waals surface area contributed by atoms with Gasteiger partial charge in [-0.25, -0.2) is 14.6 Å². The Bertz CT molecular complexity index is 754. The molecular weight excluding hydrogens is 316 g/mol. The minimum atomic E-state index is 0.00301. The predicted octanol–water partition coefficient (Wildman–Crippen LogP) is 2.02. The molecule has 1 saturated heterocycles. The number of anilines is 1. The molecule has 0 bridgehead atoms. The van der Waals surface area contributed by atoms with E-state index in [-0.39, 0.29) is 17.9 Å². The molecule has 0 aromatic carbocycles. The van der Waals surface area contributed by atoms with Crippen molar-refractivity contribution in [3.63, 3.8) is 0 Å². The second-order valence-electron chi connectivity index (χ2n) is 7.02. The van der Waals surface area contributed by atoms with E-state index >= 15 is 0 Å². The molecule has 1 amide bonds. The summed E-state index contributed by atoms with van der Waals surface area (Å²) in [5.41, 5.74) is 2.00. The van der Waals surface area contributed by atoms with Crippen LogP contribution in [0.3, 0.4) is 0 Å². The van der Waals surface area contributed by atoms with Gasteiger partial charge in [0.2, 0.25) is 5.91 Å². The van der Waals surface area contributed by atoms with Gasteiger partial charge in [-0.05, 0) is 46.6 Å². The number of nitrogens with zero attached hydrogens (tertiary/aromatic N) is 5. The lowest BCUT2D eigenvalue weighted by molar-refractivity contribution is -0.125. The Morgan fingerprint density at radius 2 is 2.00 bits per heavy atom. The van der Waals surface area contributed by atoms with Crippen LogP contribution < -0.4 is 10.2 Å². The van der Waals surface area contributed by atoms with E-state index in [0.717, 1.165) is 42.4 Å². The Morgan fingerprint density at radius 3 is 2.68 bits per heavy atom. The zero-order chi connectivity index (χ0) is 18.0. The molecule has 3 heterocycles. The molecule has 25 heavy (non-hydrogen) atoms. The average molecular weight is 342 g/mol. The minimum Gasteiger partial charge on any atom is -0.356 e. The van der Waals surface area contributed by atoms with Crippen molar-refractivity contribution in [1.29, 1.82) is 0 Å². The van der Waals surface area contributed by atoms with Gasteiger partial charge in [-0.15, -0.1) is 0 Å². The molecule has 1 N–H and O–H groups in total. The number of carbonyl (C=O) groups is 1. The van der Waals surface area contributed by atoms with Crippen molar-refractivity contribution in [3.05, 3.63) is 29.8 Å². The molecule has 7 heteroatoms. The Hall–Kier alpha value is -2.44. The molecule has 3 rings (SSSR count). The van der Waals surface area contributed by atoms with E-state index in [9.17, 15) is 4.79 Å². The fourth-order valence-corrected chi connectivity index (χ4v) is 3.29. The fourth-order valence-electron chi connectivity index (χ4n) is 3.29. The maximum absolute atomic E-state index is 12.3. The minimum absolute atomic E-state index is 0.00301. The maximum atomic E-state index is 12.3. The number of hydrogen-bond acceptors (Lipinski definition) is 5. The highest BCUT2D eigenvalue weighted by Gasteiger charge is 2.27. The van der Waals surface area contributed by atoms with Crippen LogP contribution in [0.15, 0.2) is 18.5 Å². The lowest BCUT2D eigenvalue weighted by Gasteiger charge is -2.33. The lowest BCUT2D eigenvalue weighted by Crippen LogP contribution is -2.45. The summed E-state index contributed by atoms with van der Waals surface area (Å²) in [5.74, 6) is 1.74. The van der Waals surface area contributed by atoms with Crippen LogP contribution >= 0.6 is 0 Å². The molecule has 0 aliphatic carbocycles. The predicted molar refractivity (Wildman–Crippen MR) is 96.8 cm³/mol. The Labute approximate surface area is 148 Å². The number of aryl methyl sites for hydroxylation is 2. The van der Waals surface area contributed by atoms with Gasteiger partial charge in [0.15, 0.2) is 5.82 Å². The standard InChI is InChI=1S/C18H26N6O/c1-12(2)21-18(25)15-6-5-7-23(10-15)16-9-17(20-11-19-16)24-14(4)8-13(3)22-24/h8-9,11-12,15H,5-7,10H2,1-4H3,(H,21,25). The molecule has 1 atom stereocenters. The van der Waals surface area contributed by atoms with Gasteiger partial charge >= 0.3 is 0 Å². The van der Waals surface area contributed by atoms with Gasteiger partial charge < -0.3 is 10.2 Å². The number of nitrogens with one attached hydrogen (secondary N) is 1. The smallest absolute Gasteiger partial charge is 0.225 e. The molecule has 2 aromatic heterocycles. The van der Waals surface area contributed by atoms with Crippen molar-refractivity contribution in [1.82, 2.24) is 25.1 Å². The van der Waals surface area contributed by atoms with Crippen LogP contribution in [0.4, 0.5) is 5.82 Å². The van der Waals surface area contributed by atoms with E-state index in [4.69, 9.17) is 0 Å². The molecule has 2 aromatic rings. The van der Waals surface area contributed by atoms with Crippen LogP contribution in [-0.2, 0) is 4.79 Å². The van der Waals surface area contributed by atoms with Gasteiger partial charge in [0.25, 0.3) is 0 Å². The normalized spacial score (nSPS) is 17.8. The summed E-state index contributed by atoms with van der Waals surface area (Å²) in [6, 6.07) is 4.14. The summed E-state index contributed by atoms with van der Waals surface area (Å²) in [5, 5.41) is 7.51. The Balaban J connectivity index is 1.78. The van der Waals surface area contributed by atoms with Crippen molar-refractivity contribution in [3.8, 4) is 5.82 Å². The van der Waals surface area contributed by atoms with Gasteiger partial charge in [-0.2, -0.15) is 5.10 Å². The SMILES string of the molecule is Cc1cc(C)n(-c2cc(N3CCCC(C(=O)NC(C)C)C3)ncn2)n1. The Morgan fingerprint density at radius 1 is 1.24 bits per heavy atom. The number of rotatable bonds is 4. The van der Waals surface area contributed by atoms with Crippen LogP contribution in [0.5, 0.6) is 0 Å². The quantitative estimate of drug-likeness (QED) is 0.920. The van der Waals surface area contributed by atoms with Crippen molar-refractivity contribution >= 4 is 11.7 Å². The zero-order valence-electron chi connectivity index (χ0n) is 15.4. The third kappa shape index (κ3) is 3.97. The van der Waals surface area contributed by atoms with E-state index in [1.165, 1.54) is 0 Å². The zero-order valence-corrected chi connectivity index (χ0v) is 15.4. The first-order chi connectivity index (χ1) is 11.9. The second kappa shape index (κ2) is 7.21. The van der Waals surface area contributed by atoms with Gasteiger partial charge in [0.1, 0.15) is 12.1 Å². The molecule has 1 unspecified atom stereocenters. The van der Waals surface area contributed by atoms with Crippen LogP contribution in [-0.4, -0.2) is 44.8 Å². The van der Waals surface area contributed by atoms with E-state index in [1.54, 1.807) is 6.33 Å². The first-order valence-electron chi connectivity index (χ1n) is 8.85. The van der Waals surface area contributed by atoms with Crippen LogP contribution in [0.1, 0.15) is 38.1 Å². The topological polar surface area (TPSA) is 75.9 Å². The highest BCUT2D eigenvalue weighted by atomic mass is 16.2. The molecule has 0 radical (unpaired) electrons. The summed E-state index contributed by atoms with van der Waals surface area (Å²) >= 11 is 0. The molecule has 0 spiro atoms. The summed E-state index contributed by atoms with van der Waals surface area (Å²) in [6.07, 6.45) is 3.47. The monoisotopic (exact) mass is 342 g/mol. The number of piperidine rings is 1. The number of carbonyl (C=O) groups excluding carboxylic acids is 1. The molecular formula is C18H26N6O. The first kappa shape index (κ1) is 17.4. The lowest BCUT2D eigenvalue weighted by atomic mass is 9.97. The summed E-state index contributed by atoms with van der Waals surface area (Å²) in [4.78, 5) is 23.3. The molecule has 0 saturated carbocycles. The van der Waals surface area contributed by atoms with Crippen molar-refractivity contribution in [2.24, 2.45) is 5.92 Å². The first-order valence-corrected chi connectivity index (χ1v) is 8.85. The van der Waals surface area contributed by atoms with E-state index in [1.807, 2.05) is 44.5 Å². The largest absolute Gasteiger partial charge is 0.356 e. The highest BCUT2D eigenvalue weighted by molar-refractivity contribution is 5.79. The highest BCUT2D eigenvalue weighted by Crippen LogP contribution is 2.23. The number of aromatic nitrogens is 4. The average Bonchev–Trinajstić information content (AvgIpc) is 2.93. The molecule has 134 valence electrons. The van der Waals surface area contributed by atoms with Crippen LogP contribution in [0.25, 0.3) is 5.82 Å². The van der Waals surface area contributed by atoms with Crippen molar-refractivity contribution in [2.45, 2.75) is 46.6 Å². The van der Waals surface area contributed by atoms with Gasteiger partial charge in [-0.1, -0.05) is 0 Å². The molecule has 1 aliphatic heterocycles. The molecule has 1 aliphatic rings. The van der Waals surface area contributed by atoms with Gasteiger partial charge in [0, 0.05) is 30.9 Å². The van der Waals surface area contributed by atoms with Gasteiger partial charge in [-0.3, -0.25) is 4.79 Å². The van der Waals surface area contributed by atoms with Crippen LogP contribution in [0.2, 0.25) is 0 Å². The third-order valence-corrected chi connectivity index (χ3v) is 4.41. The molecule has 1 fully saturated rings. The van der Waals surface area contributed by atoms with Gasteiger partial charge in [0.05, 0.1) is 11.6 Å². The second-order valence-corrected chi connectivity index (χ2v) is 7.02. The maximum Gasteiger partial charge on any atom is 0.225 e. The Kier molecular flexibility index (Phi) is 5.01. The molecule has 7 nitrogen and oxygen atoms in total. The van der Waals surface area contributed by atoms with Crippen molar-refractivity contribution in [2.75, 3.05) is 18.0 Å². The number of hydrogen-bond donors (Lipinski definition) is 1. The fraction of sp³-hybridized carbons (Fsp3) is 0.556. The van der Waals surface area contributed by atoms with E-state index in [2.05, 4.69) is 25.3 Å². The van der Waals surface area contributed by atoms with Crippen molar-refractivity contribution < 1.29 is 4.79 Å².